The van der Waals surface area contributed by atoms with Gasteiger partial charge in [0, 0.05) is 5.56 Å². The molecule has 1 saturated heterocycles. The van der Waals surface area contributed by atoms with E-state index in [-0.39, 0.29) is 12.5 Å². The molecule has 1 aliphatic heterocycles. The molecule has 2 aromatic rings. The molecule has 1 aromatic carbocycles. The summed E-state index contributed by atoms with van der Waals surface area (Å²) in [5.41, 5.74) is 1.37. The number of carbonyl (C=O) groups excluding carboxylic acids is 2. The molecule has 18 heavy (non-hydrogen) atoms. The first-order chi connectivity index (χ1) is 8.75. The van der Waals surface area contributed by atoms with Gasteiger partial charge in [-0.1, -0.05) is 12.1 Å². The van der Waals surface area contributed by atoms with Crippen molar-refractivity contribution >= 4 is 17.6 Å². The summed E-state index contributed by atoms with van der Waals surface area (Å²) >= 11 is 0. The highest BCUT2D eigenvalue weighted by Crippen LogP contribution is 2.26. The maximum atomic E-state index is 11.6. The Kier molecular flexibility index (Phi) is 2.37. The third-order valence-corrected chi connectivity index (χ3v) is 2.75. The van der Waals surface area contributed by atoms with E-state index in [2.05, 4.69) is 5.32 Å². The van der Waals surface area contributed by atoms with Crippen LogP contribution < -0.4 is 10.2 Å². The number of urea groups is 1. The van der Waals surface area contributed by atoms with Crippen molar-refractivity contribution in [3.8, 4) is 11.3 Å². The van der Waals surface area contributed by atoms with Crippen molar-refractivity contribution in [3.63, 3.8) is 0 Å². The van der Waals surface area contributed by atoms with E-state index in [9.17, 15) is 9.59 Å². The van der Waals surface area contributed by atoms with E-state index in [4.69, 9.17) is 4.42 Å². The van der Waals surface area contributed by atoms with E-state index < -0.39 is 6.03 Å². The lowest BCUT2D eigenvalue weighted by atomic mass is 10.1. The van der Waals surface area contributed by atoms with Crippen LogP contribution in [-0.2, 0) is 4.79 Å². The van der Waals surface area contributed by atoms with Crippen molar-refractivity contribution in [1.29, 1.82) is 0 Å². The Hall–Kier alpha value is -2.56. The number of imide groups is 1. The Bertz CT molecular complexity index is 588. The van der Waals surface area contributed by atoms with Crippen molar-refractivity contribution in [2.45, 2.75) is 0 Å². The largest absolute Gasteiger partial charge is 0.464 e. The molecule has 1 N–H and O–H groups in total. The lowest BCUT2D eigenvalue weighted by Gasteiger charge is -2.12. The Labute approximate surface area is 103 Å². The van der Waals surface area contributed by atoms with Crippen LogP contribution in [0.15, 0.2) is 47.1 Å². The van der Waals surface area contributed by atoms with Gasteiger partial charge in [-0.2, -0.15) is 0 Å². The second-order valence-corrected chi connectivity index (χ2v) is 3.92. The second-order valence-electron chi connectivity index (χ2n) is 3.92. The van der Waals surface area contributed by atoms with Crippen LogP contribution in [0.25, 0.3) is 11.3 Å². The van der Waals surface area contributed by atoms with Crippen LogP contribution in [0.2, 0.25) is 0 Å². The number of furan rings is 1. The van der Waals surface area contributed by atoms with Gasteiger partial charge in [-0.05, 0) is 24.3 Å². The molecule has 0 atom stereocenters. The molecular weight excluding hydrogens is 232 g/mol. The van der Waals surface area contributed by atoms with Crippen LogP contribution in [0.3, 0.4) is 0 Å². The highest BCUT2D eigenvalue weighted by molar-refractivity contribution is 6.19. The average Bonchev–Trinajstić information content (AvgIpc) is 3.00. The molecule has 0 bridgehead atoms. The summed E-state index contributed by atoms with van der Waals surface area (Å²) in [4.78, 5) is 24.3. The number of rotatable bonds is 2. The topological polar surface area (TPSA) is 62.6 Å². The monoisotopic (exact) mass is 242 g/mol. The minimum absolute atomic E-state index is 0.0454. The van der Waals surface area contributed by atoms with Gasteiger partial charge in [0.15, 0.2) is 0 Å². The molecule has 90 valence electrons. The fourth-order valence-corrected chi connectivity index (χ4v) is 1.92. The average molecular weight is 242 g/mol. The molecule has 2 heterocycles. The lowest BCUT2D eigenvalue weighted by molar-refractivity contribution is -0.115. The summed E-state index contributed by atoms with van der Waals surface area (Å²) in [5, 5.41) is 2.49. The van der Waals surface area contributed by atoms with Gasteiger partial charge < -0.3 is 9.73 Å². The van der Waals surface area contributed by atoms with Gasteiger partial charge in [-0.3, -0.25) is 4.79 Å². The number of hydrogen-bond donors (Lipinski definition) is 1. The third kappa shape index (κ3) is 1.66. The number of carbonyl (C=O) groups is 2. The molecule has 0 radical (unpaired) electrons. The number of hydrogen-bond acceptors (Lipinski definition) is 3. The minimum Gasteiger partial charge on any atom is -0.464 e. The van der Waals surface area contributed by atoms with Crippen LogP contribution in [0.4, 0.5) is 10.5 Å². The predicted molar refractivity (Wildman–Crippen MR) is 65.0 cm³/mol. The summed E-state index contributed by atoms with van der Waals surface area (Å²) in [7, 11) is 0. The smallest absolute Gasteiger partial charge is 0.329 e. The molecule has 0 unspecified atom stereocenters. The Morgan fingerprint density at radius 1 is 1.17 bits per heavy atom. The number of anilines is 1. The molecule has 0 spiro atoms. The SMILES string of the molecule is O=C1CNC(=O)N1c1cccc(-c2ccco2)c1. The van der Waals surface area contributed by atoms with E-state index in [1.165, 1.54) is 0 Å². The standard InChI is InChI=1S/C13H10N2O3/c16-12-8-14-13(17)15(12)10-4-1-3-9(7-10)11-5-2-6-18-11/h1-7H,8H2,(H,14,17). The Balaban J connectivity index is 2.01. The third-order valence-electron chi connectivity index (χ3n) is 2.75. The highest BCUT2D eigenvalue weighted by Gasteiger charge is 2.30. The molecule has 5 nitrogen and oxygen atoms in total. The van der Waals surface area contributed by atoms with E-state index in [0.29, 0.717) is 11.4 Å². The number of nitrogens with zero attached hydrogens (tertiary/aromatic N) is 1. The first kappa shape index (κ1) is 10.6. The van der Waals surface area contributed by atoms with Crippen LogP contribution in [0, 0.1) is 0 Å². The number of benzene rings is 1. The van der Waals surface area contributed by atoms with Gasteiger partial charge in [0.1, 0.15) is 5.76 Å². The fraction of sp³-hybridized carbons (Fsp3) is 0.0769. The molecule has 0 saturated carbocycles. The second kappa shape index (κ2) is 4.03. The van der Waals surface area contributed by atoms with E-state index in [1.54, 1.807) is 30.5 Å². The molecule has 3 amide bonds. The Morgan fingerprint density at radius 2 is 2.06 bits per heavy atom. The molecule has 1 aromatic heterocycles. The summed E-state index contributed by atoms with van der Waals surface area (Å²) in [6, 6.07) is 10.3. The molecular formula is C13H10N2O3. The fourth-order valence-electron chi connectivity index (χ4n) is 1.92. The maximum Gasteiger partial charge on any atom is 0.329 e. The van der Waals surface area contributed by atoms with E-state index >= 15 is 0 Å². The first-order valence-corrected chi connectivity index (χ1v) is 5.50. The summed E-state index contributed by atoms with van der Waals surface area (Å²) < 4.78 is 5.29. The highest BCUT2D eigenvalue weighted by atomic mass is 16.3. The zero-order valence-electron chi connectivity index (χ0n) is 9.42. The van der Waals surface area contributed by atoms with Gasteiger partial charge in [-0.25, -0.2) is 9.69 Å². The Morgan fingerprint density at radius 3 is 2.72 bits per heavy atom. The summed E-state index contributed by atoms with van der Waals surface area (Å²) in [6.45, 7) is 0.0454. The normalized spacial score (nSPS) is 15.0. The van der Waals surface area contributed by atoms with Crippen LogP contribution in [0.5, 0.6) is 0 Å². The van der Waals surface area contributed by atoms with E-state index in [1.807, 2.05) is 12.1 Å². The number of nitrogens with one attached hydrogen (secondary N) is 1. The molecule has 0 aliphatic carbocycles. The van der Waals surface area contributed by atoms with Crippen molar-refractivity contribution in [2.24, 2.45) is 0 Å². The molecule has 3 rings (SSSR count). The van der Waals surface area contributed by atoms with Crippen molar-refractivity contribution in [2.75, 3.05) is 11.4 Å². The quantitative estimate of drug-likeness (QED) is 0.819. The lowest BCUT2D eigenvalue weighted by Crippen LogP contribution is -2.30. The van der Waals surface area contributed by atoms with Gasteiger partial charge in [-0.15, -0.1) is 0 Å². The van der Waals surface area contributed by atoms with Crippen molar-refractivity contribution in [1.82, 2.24) is 5.32 Å². The zero-order chi connectivity index (χ0) is 12.5. The van der Waals surface area contributed by atoms with Gasteiger partial charge >= 0.3 is 6.03 Å². The maximum absolute atomic E-state index is 11.6. The van der Waals surface area contributed by atoms with Crippen LogP contribution in [-0.4, -0.2) is 18.5 Å². The predicted octanol–water partition coefficient (Wildman–Crippen LogP) is 2.00. The summed E-state index contributed by atoms with van der Waals surface area (Å²) in [5.74, 6) is 0.445. The minimum atomic E-state index is -0.392. The first-order valence-electron chi connectivity index (χ1n) is 5.50. The molecule has 1 aliphatic rings. The van der Waals surface area contributed by atoms with E-state index in [0.717, 1.165) is 10.5 Å². The van der Waals surface area contributed by atoms with Gasteiger partial charge in [0.2, 0.25) is 0 Å². The van der Waals surface area contributed by atoms with Crippen molar-refractivity contribution in [3.05, 3.63) is 42.7 Å². The van der Waals surface area contributed by atoms with Crippen LogP contribution >= 0.6 is 0 Å². The zero-order valence-corrected chi connectivity index (χ0v) is 9.42. The van der Waals surface area contributed by atoms with Gasteiger partial charge in [0.05, 0.1) is 18.5 Å². The molecule has 1 fully saturated rings. The summed E-state index contributed by atoms with van der Waals surface area (Å²) in [6.07, 6.45) is 1.58. The van der Waals surface area contributed by atoms with Gasteiger partial charge in [0.25, 0.3) is 5.91 Å². The van der Waals surface area contributed by atoms with Crippen LogP contribution in [0.1, 0.15) is 0 Å². The van der Waals surface area contributed by atoms with Crippen molar-refractivity contribution < 1.29 is 14.0 Å². The number of amides is 3. The molecule has 5 heteroatoms.